The molecule has 6 heteroatoms. The lowest BCUT2D eigenvalue weighted by Gasteiger charge is -2.25. The van der Waals surface area contributed by atoms with Crippen LogP contribution >= 0.6 is 0 Å². The van der Waals surface area contributed by atoms with E-state index in [9.17, 15) is 4.79 Å². The minimum atomic E-state index is -0.0992. The minimum absolute atomic E-state index is 0.00133. The fraction of sp³-hybridized carbons (Fsp3) is 0.250. The van der Waals surface area contributed by atoms with Gasteiger partial charge in [-0.2, -0.15) is 5.10 Å². The Hall–Kier alpha value is -3.15. The van der Waals surface area contributed by atoms with E-state index >= 15 is 0 Å². The van der Waals surface area contributed by atoms with Crippen LogP contribution in [0.3, 0.4) is 0 Å². The highest BCUT2D eigenvalue weighted by Crippen LogP contribution is 2.36. The summed E-state index contributed by atoms with van der Waals surface area (Å²) in [7, 11) is 0. The number of carbonyl (C=O) groups is 1. The van der Waals surface area contributed by atoms with Crippen molar-refractivity contribution < 1.29 is 9.53 Å². The number of aryl methyl sites for hydroxylation is 1. The molecule has 0 fully saturated rings. The molecule has 1 amide bonds. The molecule has 3 aromatic rings. The van der Waals surface area contributed by atoms with Gasteiger partial charge in [-0.3, -0.25) is 4.79 Å². The van der Waals surface area contributed by atoms with Gasteiger partial charge in [-0.25, -0.2) is 9.67 Å². The Kier molecular flexibility index (Phi) is 4.39. The number of carbonyl (C=O) groups excluding carboxylic acids is 1. The third-order valence-corrected chi connectivity index (χ3v) is 4.47. The molecule has 0 spiro atoms. The maximum Gasteiger partial charge on any atom is 0.225 e. The molecule has 1 atom stereocenters. The molecule has 0 bridgehead atoms. The van der Waals surface area contributed by atoms with Gasteiger partial charge in [0.25, 0.3) is 0 Å². The molecule has 0 saturated carbocycles. The zero-order valence-corrected chi connectivity index (χ0v) is 14.6. The first-order chi connectivity index (χ1) is 12.7. The van der Waals surface area contributed by atoms with Crippen LogP contribution in [0, 0.1) is 0 Å². The molecule has 0 saturated heterocycles. The summed E-state index contributed by atoms with van der Waals surface area (Å²) in [5.41, 5.74) is 1.92. The number of hydrogen-bond acceptors (Lipinski definition) is 4. The highest BCUT2D eigenvalue weighted by Gasteiger charge is 2.30. The fourth-order valence-corrected chi connectivity index (χ4v) is 3.26. The van der Waals surface area contributed by atoms with Crippen molar-refractivity contribution in [2.45, 2.75) is 32.4 Å². The second-order valence-corrected chi connectivity index (χ2v) is 6.20. The van der Waals surface area contributed by atoms with Gasteiger partial charge in [-0.1, -0.05) is 36.4 Å². The zero-order valence-electron chi connectivity index (χ0n) is 14.6. The summed E-state index contributed by atoms with van der Waals surface area (Å²) in [5, 5.41) is 7.50. The van der Waals surface area contributed by atoms with Crippen LogP contribution in [0.4, 0.5) is 5.69 Å². The van der Waals surface area contributed by atoms with E-state index in [4.69, 9.17) is 9.72 Å². The van der Waals surface area contributed by atoms with Crippen molar-refractivity contribution >= 4 is 11.6 Å². The molecular weight excluding hydrogens is 328 g/mol. The third-order valence-electron chi connectivity index (χ3n) is 4.47. The maximum absolute atomic E-state index is 12.1. The molecule has 2 heterocycles. The van der Waals surface area contributed by atoms with E-state index in [1.54, 1.807) is 0 Å². The van der Waals surface area contributed by atoms with Gasteiger partial charge >= 0.3 is 0 Å². The number of amides is 1. The minimum Gasteiger partial charge on any atom is -0.486 e. The van der Waals surface area contributed by atoms with E-state index in [0.717, 1.165) is 22.8 Å². The molecule has 1 N–H and O–H groups in total. The summed E-state index contributed by atoms with van der Waals surface area (Å²) < 4.78 is 7.63. The third kappa shape index (κ3) is 3.18. The van der Waals surface area contributed by atoms with Gasteiger partial charge in [0.05, 0.1) is 5.92 Å². The van der Waals surface area contributed by atoms with Crippen LogP contribution in [0.25, 0.3) is 0 Å². The fourth-order valence-electron chi connectivity index (χ4n) is 3.26. The predicted molar refractivity (Wildman–Crippen MR) is 98.0 cm³/mol. The average Bonchev–Trinajstić information content (AvgIpc) is 3.09. The Bertz CT molecular complexity index is 921. The first-order valence-corrected chi connectivity index (χ1v) is 8.75. The quantitative estimate of drug-likeness (QED) is 0.768. The van der Waals surface area contributed by atoms with Crippen molar-refractivity contribution in [3.63, 3.8) is 0 Å². The van der Waals surface area contributed by atoms with Crippen molar-refractivity contribution in [2.24, 2.45) is 0 Å². The summed E-state index contributed by atoms with van der Waals surface area (Å²) in [5.74, 6) is 2.11. The van der Waals surface area contributed by atoms with Crippen molar-refractivity contribution in [1.29, 1.82) is 0 Å². The molecule has 132 valence electrons. The number of benzene rings is 2. The molecule has 4 rings (SSSR count). The SMILES string of the molecule is CCn1nc(COc2ccccc2)nc1C1CC(=O)Nc2ccccc21. The molecular formula is C20H20N4O2. The topological polar surface area (TPSA) is 69.0 Å². The van der Waals surface area contributed by atoms with Crippen molar-refractivity contribution in [3.8, 4) is 5.75 Å². The molecule has 2 aromatic carbocycles. The van der Waals surface area contributed by atoms with Gasteiger partial charge in [0.15, 0.2) is 5.82 Å². The number of rotatable bonds is 5. The number of nitrogens with one attached hydrogen (secondary N) is 1. The lowest BCUT2D eigenvalue weighted by Crippen LogP contribution is -2.25. The van der Waals surface area contributed by atoms with E-state index in [2.05, 4.69) is 10.4 Å². The second-order valence-electron chi connectivity index (χ2n) is 6.20. The van der Waals surface area contributed by atoms with E-state index in [1.807, 2.05) is 66.2 Å². The van der Waals surface area contributed by atoms with Gasteiger partial charge in [0.2, 0.25) is 5.91 Å². The maximum atomic E-state index is 12.1. The molecule has 0 radical (unpaired) electrons. The Morgan fingerprint density at radius 2 is 1.92 bits per heavy atom. The zero-order chi connectivity index (χ0) is 17.9. The molecule has 6 nitrogen and oxygen atoms in total. The summed E-state index contributed by atoms with van der Waals surface area (Å²) in [6.07, 6.45) is 0.370. The Labute approximate surface area is 151 Å². The second kappa shape index (κ2) is 7.00. The van der Waals surface area contributed by atoms with E-state index in [-0.39, 0.29) is 11.8 Å². The summed E-state index contributed by atoms with van der Waals surface area (Å²) >= 11 is 0. The number of hydrogen-bond donors (Lipinski definition) is 1. The van der Waals surface area contributed by atoms with E-state index in [0.29, 0.717) is 25.4 Å². The number of para-hydroxylation sites is 2. The van der Waals surface area contributed by atoms with Crippen LogP contribution in [-0.2, 0) is 17.9 Å². The first kappa shape index (κ1) is 16.3. The number of fused-ring (bicyclic) bond motifs is 1. The van der Waals surface area contributed by atoms with Crippen LogP contribution in [0.15, 0.2) is 54.6 Å². The van der Waals surface area contributed by atoms with Gasteiger partial charge < -0.3 is 10.1 Å². The van der Waals surface area contributed by atoms with Crippen LogP contribution in [0.2, 0.25) is 0 Å². The number of aromatic nitrogens is 3. The summed E-state index contributed by atoms with van der Waals surface area (Å²) in [6.45, 7) is 3.01. The molecule has 0 aliphatic carbocycles. The monoisotopic (exact) mass is 348 g/mol. The van der Waals surface area contributed by atoms with E-state index < -0.39 is 0 Å². The van der Waals surface area contributed by atoms with Crippen LogP contribution in [-0.4, -0.2) is 20.7 Å². The Morgan fingerprint density at radius 1 is 1.15 bits per heavy atom. The van der Waals surface area contributed by atoms with Gasteiger partial charge in [-0.15, -0.1) is 0 Å². The number of anilines is 1. The van der Waals surface area contributed by atoms with Crippen molar-refractivity contribution in [2.75, 3.05) is 5.32 Å². The van der Waals surface area contributed by atoms with Crippen LogP contribution < -0.4 is 10.1 Å². The van der Waals surface area contributed by atoms with Crippen LogP contribution in [0.5, 0.6) is 5.75 Å². The molecule has 1 aliphatic heterocycles. The number of ether oxygens (including phenoxy) is 1. The smallest absolute Gasteiger partial charge is 0.225 e. The van der Waals surface area contributed by atoms with Crippen molar-refractivity contribution in [1.82, 2.24) is 14.8 Å². The van der Waals surface area contributed by atoms with Gasteiger partial charge in [0, 0.05) is 18.7 Å². The molecule has 1 aromatic heterocycles. The average molecular weight is 348 g/mol. The normalized spacial score (nSPS) is 16.0. The first-order valence-electron chi connectivity index (χ1n) is 8.75. The Morgan fingerprint density at radius 3 is 2.73 bits per heavy atom. The largest absolute Gasteiger partial charge is 0.486 e. The molecule has 26 heavy (non-hydrogen) atoms. The summed E-state index contributed by atoms with van der Waals surface area (Å²) in [6, 6.07) is 17.5. The van der Waals surface area contributed by atoms with E-state index in [1.165, 1.54) is 0 Å². The summed E-state index contributed by atoms with van der Waals surface area (Å²) in [4.78, 5) is 16.8. The number of nitrogens with zero attached hydrogens (tertiary/aromatic N) is 3. The molecule has 1 aliphatic rings. The van der Waals surface area contributed by atoms with Gasteiger partial charge in [0.1, 0.15) is 18.2 Å². The predicted octanol–water partition coefficient (Wildman–Crippen LogP) is 3.35. The van der Waals surface area contributed by atoms with Gasteiger partial charge in [-0.05, 0) is 30.7 Å². The lowest BCUT2D eigenvalue weighted by atomic mass is 9.90. The standard InChI is InChI=1S/C20H20N4O2/c1-2-24-20(16-12-19(25)21-17-11-7-6-10-15(16)17)22-18(23-24)13-26-14-8-4-3-5-9-14/h3-11,16H,2,12-13H2,1H3,(H,21,25). The molecule has 1 unspecified atom stereocenters. The van der Waals surface area contributed by atoms with Crippen molar-refractivity contribution in [3.05, 3.63) is 71.8 Å². The highest BCUT2D eigenvalue weighted by atomic mass is 16.5. The lowest BCUT2D eigenvalue weighted by molar-refractivity contribution is -0.116. The van der Waals surface area contributed by atoms with Crippen LogP contribution in [0.1, 0.15) is 36.5 Å². The Balaban J connectivity index is 1.62. The highest BCUT2D eigenvalue weighted by molar-refractivity contribution is 5.95.